The van der Waals surface area contributed by atoms with Crippen LogP contribution in [-0.2, 0) is 29.1 Å². The Balaban J connectivity index is 2.67. The fourth-order valence-electron chi connectivity index (χ4n) is 1.94. The Morgan fingerprint density at radius 3 is 2.53 bits per heavy atom. The third-order valence-corrected chi connectivity index (χ3v) is 3.88. The van der Waals surface area contributed by atoms with Crippen LogP contribution >= 0.6 is 10.7 Å². The zero-order valence-corrected chi connectivity index (χ0v) is 12.4. The second-order valence-corrected chi connectivity index (χ2v) is 6.46. The molecule has 0 amide bonds. The summed E-state index contributed by atoms with van der Waals surface area (Å²) >= 11 is 0. The second-order valence-electron chi connectivity index (χ2n) is 4.00. The molecule has 2 heterocycles. The molecule has 0 radical (unpaired) electrons. The van der Waals surface area contributed by atoms with Crippen LogP contribution in [0.25, 0.3) is 11.4 Å². The van der Waals surface area contributed by atoms with E-state index >= 15 is 0 Å². The summed E-state index contributed by atoms with van der Waals surface area (Å²) in [5.74, 6) is 0.465. The van der Waals surface area contributed by atoms with Crippen molar-refractivity contribution in [3.63, 3.8) is 0 Å². The molecule has 0 atom stereocenters. The van der Waals surface area contributed by atoms with E-state index in [1.54, 1.807) is 24.9 Å². The van der Waals surface area contributed by atoms with Crippen molar-refractivity contribution in [3.8, 4) is 11.4 Å². The number of aromatic nitrogens is 5. The predicted molar refractivity (Wildman–Crippen MR) is 70.3 cm³/mol. The van der Waals surface area contributed by atoms with E-state index in [4.69, 9.17) is 10.7 Å². The number of hydrogen-bond donors (Lipinski definition) is 0. The highest BCUT2D eigenvalue weighted by Crippen LogP contribution is 2.25. The van der Waals surface area contributed by atoms with E-state index < -0.39 is 9.05 Å². The first-order chi connectivity index (χ1) is 8.88. The molecule has 0 saturated carbocycles. The van der Waals surface area contributed by atoms with Crippen LogP contribution in [0.15, 0.2) is 11.4 Å². The summed E-state index contributed by atoms with van der Waals surface area (Å²) < 4.78 is 26.0. The van der Waals surface area contributed by atoms with Gasteiger partial charge in [-0.15, -0.1) is 10.2 Å². The zero-order valence-electron chi connectivity index (χ0n) is 10.8. The molecule has 104 valence electrons. The smallest absolute Gasteiger partial charge is 0.296 e. The van der Waals surface area contributed by atoms with E-state index in [0.29, 0.717) is 12.4 Å². The van der Waals surface area contributed by atoms with Gasteiger partial charge in [0.05, 0.1) is 11.3 Å². The zero-order chi connectivity index (χ0) is 14.2. The molecule has 0 aliphatic heterocycles. The Morgan fingerprint density at radius 1 is 1.32 bits per heavy atom. The number of aryl methyl sites for hydroxylation is 2. The molecule has 0 bridgehead atoms. The van der Waals surface area contributed by atoms with Gasteiger partial charge in [0.25, 0.3) is 14.2 Å². The van der Waals surface area contributed by atoms with Gasteiger partial charge in [-0.3, -0.25) is 9.25 Å². The van der Waals surface area contributed by atoms with Gasteiger partial charge in [-0.05, 0) is 13.3 Å². The monoisotopic (exact) mass is 303 g/mol. The first-order valence-electron chi connectivity index (χ1n) is 5.79. The van der Waals surface area contributed by atoms with E-state index in [1.165, 1.54) is 4.57 Å². The standard InChI is InChI=1S/C10H14ClN5O2S/c1-4-8-7(6-15(3)14-8)9-12-13-10(16(9)5-2)19(11,17)18/h6H,4-5H2,1-3H3. The first-order valence-corrected chi connectivity index (χ1v) is 8.10. The number of halogens is 1. The topological polar surface area (TPSA) is 82.7 Å². The third kappa shape index (κ3) is 2.50. The van der Waals surface area contributed by atoms with Crippen LogP contribution in [0.5, 0.6) is 0 Å². The van der Waals surface area contributed by atoms with Crippen LogP contribution in [0.3, 0.4) is 0 Å². The third-order valence-electron chi connectivity index (χ3n) is 2.73. The van der Waals surface area contributed by atoms with E-state index in [2.05, 4.69) is 15.3 Å². The molecule has 2 rings (SSSR count). The molecule has 0 aliphatic rings. The minimum atomic E-state index is -3.91. The lowest BCUT2D eigenvalue weighted by Gasteiger charge is -2.04. The lowest BCUT2D eigenvalue weighted by molar-refractivity contribution is 0.582. The van der Waals surface area contributed by atoms with E-state index in [1.807, 2.05) is 6.92 Å². The average Bonchev–Trinajstić information content (AvgIpc) is 2.90. The van der Waals surface area contributed by atoms with Gasteiger partial charge in [0, 0.05) is 30.5 Å². The fourth-order valence-corrected chi connectivity index (χ4v) is 2.90. The Bertz CT molecular complexity index is 704. The van der Waals surface area contributed by atoms with Gasteiger partial charge in [-0.25, -0.2) is 8.42 Å². The van der Waals surface area contributed by atoms with Crippen molar-refractivity contribution in [2.75, 3.05) is 0 Å². The van der Waals surface area contributed by atoms with Crippen molar-refractivity contribution >= 4 is 19.7 Å². The van der Waals surface area contributed by atoms with Crippen LogP contribution in [0.1, 0.15) is 19.5 Å². The van der Waals surface area contributed by atoms with Gasteiger partial charge in [-0.2, -0.15) is 5.10 Å². The Kier molecular flexibility index (Phi) is 3.64. The lowest BCUT2D eigenvalue weighted by atomic mass is 10.2. The van der Waals surface area contributed by atoms with Crippen LogP contribution < -0.4 is 0 Å². The SMILES string of the molecule is CCc1nn(C)cc1-c1nnc(S(=O)(=O)Cl)n1CC. The van der Waals surface area contributed by atoms with Crippen molar-refractivity contribution in [2.24, 2.45) is 7.05 Å². The molecule has 0 spiro atoms. The molecule has 7 nitrogen and oxygen atoms in total. The number of rotatable bonds is 4. The molecule has 0 N–H and O–H groups in total. The van der Waals surface area contributed by atoms with Crippen molar-refractivity contribution in [1.82, 2.24) is 24.5 Å². The van der Waals surface area contributed by atoms with E-state index in [0.717, 1.165) is 17.7 Å². The maximum atomic E-state index is 11.4. The maximum absolute atomic E-state index is 11.4. The van der Waals surface area contributed by atoms with Gasteiger partial charge in [-0.1, -0.05) is 6.92 Å². The summed E-state index contributed by atoms with van der Waals surface area (Å²) in [6.07, 6.45) is 2.51. The molecule has 0 aromatic carbocycles. The van der Waals surface area contributed by atoms with Crippen LogP contribution in [-0.4, -0.2) is 33.0 Å². The average molecular weight is 304 g/mol. The van der Waals surface area contributed by atoms with Gasteiger partial charge >= 0.3 is 0 Å². The molecule has 19 heavy (non-hydrogen) atoms. The summed E-state index contributed by atoms with van der Waals surface area (Å²) in [6, 6.07) is 0. The van der Waals surface area contributed by atoms with Crippen molar-refractivity contribution < 1.29 is 8.42 Å². The summed E-state index contributed by atoms with van der Waals surface area (Å²) in [4.78, 5) is 0. The highest BCUT2D eigenvalue weighted by molar-refractivity contribution is 8.13. The van der Waals surface area contributed by atoms with Crippen molar-refractivity contribution in [3.05, 3.63) is 11.9 Å². The molecule has 9 heteroatoms. The highest BCUT2D eigenvalue weighted by atomic mass is 35.7. The van der Waals surface area contributed by atoms with Gasteiger partial charge in [0.2, 0.25) is 0 Å². The van der Waals surface area contributed by atoms with Crippen LogP contribution in [0.4, 0.5) is 0 Å². The summed E-state index contributed by atoms with van der Waals surface area (Å²) in [5.41, 5.74) is 1.61. The minimum absolute atomic E-state index is 0.238. The van der Waals surface area contributed by atoms with E-state index in [9.17, 15) is 8.42 Å². The van der Waals surface area contributed by atoms with Gasteiger partial charge in [0.15, 0.2) is 5.82 Å². The van der Waals surface area contributed by atoms with E-state index in [-0.39, 0.29) is 5.16 Å². The molecule has 0 aliphatic carbocycles. The number of nitrogens with zero attached hydrogens (tertiary/aromatic N) is 5. The lowest BCUT2D eigenvalue weighted by Crippen LogP contribution is -2.06. The Morgan fingerprint density at radius 2 is 2.00 bits per heavy atom. The van der Waals surface area contributed by atoms with Gasteiger partial charge < -0.3 is 0 Å². The summed E-state index contributed by atoms with van der Waals surface area (Å²) in [7, 11) is 3.24. The molecule has 0 saturated heterocycles. The largest absolute Gasteiger partial charge is 0.297 e. The minimum Gasteiger partial charge on any atom is -0.297 e. The molecule has 2 aromatic rings. The quantitative estimate of drug-likeness (QED) is 0.792. The van der Waals surface area contributed by atoms with Crippen LogP contribution in [0, 0.1) is 0 Å². The molecule has 0 unspecified atom stereocenters. The van der Waals surface area contributed by atoms with Gasteiger partial charge in [0.1, 0.15) is 0 Å². The van der Waals surface area contributed by atoms with Crippen molar-refractivity contribution in [2.45, 2.75) is 32.0 Å². The molecule has 2 aromatic heterocycles. The predicted octanol–water partition coefficient (Wildman–Crippen LogP) is 1.19. The molecular weight excluding hydrogens is 290 g/mol. The maximum Gasteiger partial charge on any atom is 0.296 e. The Hall–Kier alpha value is -1.41. The normalized spacial score (nSPS) is 12.0. The summed E-state index contributed by atoms with van der Waals surface area (Å²) in [6.45, 7) is 4.18. The molecular formula is C10H14ClN5O2S. The van der Waals surface area contributed by atoms with Crippen LogP contribution in [0.2, 0.25) is 0 Å². The van der Waals surface area contributed by atoms with Crippen molar-refractivity contribution in [1.29, 1.82) is 0 Å². The molecule has 0 fully saturated rings. The second kappa shape index (κ2) is 4.93. The first kappa shape index (κ1) is 14.0. The highest BCUT2D eigenvalue weighted by Gasteiger charge is 2.24. The fraction of sp³-hybridized carbons (Fsp3) is 0.500. The summed E-state index contributed by atoms with van der Waals surface area (Å²) in [5, 5.41) is 11.7. The number of hydrogen-bond acceptors (Lipinski definition) is 5. The Labute approximate surface area is 115 Å².